The van der Waals surface area contributed by atoms with Gasteiger partial charge in [0.05, 0.1) is 12.1 Å². The molecule has 0 bridgehead atoms. The van der Waals surface area contributed by atoms with Crippen LogP contribution >= 0.6 is 23.2 Å². The zero-order valence-corrected chi connectivity index (χ0v) is 14.8. The van der Waals surface area contributed by atoms with Gasteiger partial charge in [0.15, 0.2) is 5.41 Å². The SMILES string of the molecule is N#CC1(C#N)[C@H](c2ccc(Cl)cc2)CC(=O)C[C@H]1c1ccc(Cl)cc1. The summed E-state index contributed by atoms with van der Waals surface area (Å²) in [6, 6.07) is 18.5. The molecule has 0 aliphatic heterocycles. The Morgan fingerprint density at radius 3 is 1.48 bits per heavy atom. The summed E-state index contributed by atoms with van der Waals surface area (Å²) in [5.41, 5.74) is 0.231. The minimum Gasteiger partial charge on any atom is -0.300 e. The number of benzene rings is 2. The maximum Gasteiger partial charge on any atom is 0.158 e. The van der Waals surface area contributed by atoms with Crippen molar-refractivity contribution in [3.8, 4) is 12.1 Å². The molecular weight excluding hydrogens is 355 g/mol. The van der Waals surface area contributed by atoms with Crippen LogP contribution in [0, 0.1) is 28.1 Å². The average molecular weight is 369 g/mol. The number of carbonyl (C=O) groups excluding carboxylic acids is 1. The maximum atomic E-state index is 12.4. The molecule has 0 radical (unpaired) electrons. The standard InChI is InChI=1S/C20H14Cl2N2O/c21-15-5-1-13(2-6-15)18-9-17(25)10-19(20(18,11-23)12-24)14-3-7-16(22)8-4-14/h1-8,18-19H,9-10H2/t18-,19-/m0/s1. The van der Waals surface area contributed by atoms with Crippen LogP contribution in [0.2, 0.25) is 10.0 Å². The van der Waals surface area contributed by atoms with Crippen molar-refractivity contribution < 1.29 is 4.79 Å². The molecule has 5 heteroatoms. The van der Waals surface area contributed by atoms with Gasteiger partial charge >= 0.3 is 0 Å². The van der Waals surface area contributed by atoms with Gasteiger partial charge in [0, 0.05) is 34.7 Å². The first-order valence-corrected chi connectivity index (χ1v) is 8.61. The minimum atomic E-state index is -1.32. The molecule has 2 aromatic carbocycles. The van der Waals surface area contributed by atoms with E-state index in [2.05, 4.69) is 12.1 Å². The second kappa shape index (κ2) is 6.89. The summed E-state index contributed by atoms with van der Waals surface area (Å²) in [5, 5.41) is 21.1. The lowest BCUT2D eigenvalue weighted by molar-refractivity contribution is -0.122. The molecule has 2 atom stereocenters. The summed E-state index contributed by atoms with van der Waals surface area (Å²) < 4.78 is 0. The van der Waals surface area contributed by atoms with Gasteiger partial charge in [-0.3, -0.25) is 4.79 Å². The van der Waals surface area contributed by atoms with Crippen LogP contribution in [0.1, 0.15) is 35.8 Å². The Morgan fingerprint density at radius 2 is 1.16 bits per heavy atom. The summed E-state index contributed by atoms with van der Waals surface area (Å²) in [4.78, 5) is 12.4. The second-order valence-electron chi connectivity index (χ2n) is 6.25. The smallest absolute Gasteiger partial charge is 0.158 e. The normalized spacial score (nSPS) is 22.0. The molecule has 124 valence electrons. The van der Waals surface area contributed by atoms with Gasteiger partial charge in [-0.05, 0) is 35.4 Å². The van der Waals surface area contributed by atoms with Crippen molar-refractivity contribution in [3.05, 3.63) is 69.7 Å². The highest BCUT2D eigenvalue weighted by Gasteiger charge is 2.52. The molecule has 1 aliphatic carbocycles. The summed E-state index contributed by atoms with van der Waals surface area (Å²) >= 11 is 11.9. The van der Waals surface area contributed by atoms with Crippen LogP contribution in [0.15, 0.2) is 48.5 Å². The highest BCUT2D eigenvalue weighted by molar-refractivity contribution is 6.30. The Kier molecular flexibility index (Phi) is 4.82. The van der Waals surface area contributed by atoms with Crippen LogP contribution < -0.4 is 0 Å². The number of hydrogen-bond donors (Lipinski definition) is 0. The fourth-order valence-corrected chi connectivity index (χ4v) is 3.84. The first kappa shape index (κ1) is 17.5. The molecule has 1 saturated carbocycles. The third kappa shape index (κ3) is 3.14. The van der Waals surface area contributed by atoms with E-state index >= 15 is 0 Å². The molecule has 0 amide bonds. The molecule has 25 heavy (non-hydrogen) atoms. The van der Waals surface area contributed by atoms with Gasteiger partial charge in [0.2, 0.25) is 0 Å². The quantitative estimate of drug-likeness (QED) is 0.726. The van der Waals surface area contributed by atoms with Crippen molar-refractivity contribution in [2.45, 2.75) is 24.7 Å². The van der Waals surface area contributed by atoms with Gasteiger partial charge in [0.25, 0.3) is 0 Å². The van der Waals surface area contributed by atoms with Gasteiger partial charge in [-0.15, -0.1) is 0 Å². The first-order valence-electron chi connectivity index (χ1n) is 7.85. The number of carbonyl (C=O) groups is 1. The van der Waals surface area contributed by atoms with E-state index in [0.717, 1.165) is 11.1 Å². The largest absolute Gasteiger partial charge is 0.300 e. The second-order valence-corrected chi connectivity index (χ2v) is 7.12. The number of nitrogens with zero attached hydrogens (tertiary/aromatic N) is 2. The van der Waals surface area contributed by atoms with E-state index in [1.807, 2.05) is 0 Å². The highest BCUT2D eigenvalue weighted by Crippen LogP contribution is 2.53. The van der Waals surface area contributed by atoms with E-state index < -0.39 is 17.3 Å². The number of hydrogen-bond acceptors (Lipinski definition) is 3. The number of rotatable bonds is 2. The van der Waals surface area contributed by atoms with Crippen LogP contribution in [0.4, 0.5) is 0 Å². The zero-order chi connectivity index (χ0) is 18.0. The molecule has 0 saturated heterocycles. The molecule has 0 spiro atoms. The van der Waals surface area contributed by atoms with E-state index in [1.165, 1.54) is 0 Å². The molecule has 1 aliphatic rings. The fourth-order valence-electron chi connectivity index (χ4n) is 3.59. The summed E-state index contributed by atoms with van der Waals surface area (Å²) in [6.45, 7) is 0. The van der Waals surface area contributed by atoms with Crippen LogP contribution in [0.5, 0.6) is 0 Å². The van der Waals surface area contributed by atoms with Gasteiger partial charge in [-0.2, -0.15) is 10.5 Å². The molecule has 2 aromatic rings. The Bertz CT molecular complexity index is 802. The summed E-state index contributed by atoms with van der Waals surface area (Å²) in [5.74, 6) is -0.954. The Morgan fingerprint density at radius 1 is 0.800 bits per heavy atom. The average Bonchev–Trinajstić information content (AvgIpc) is 2.63. The Hall–Kier alpha value is -2.33. The predicted molar refractivity (Wildman–Crippen MR) is 96.3 cm³/mol. The number of Topliss-reactive ketones (excluding diaryl/α,β-unsaturated/α-hetero) is 1. The van der Waals surface area contributed by atoms with Crippen molar-refractivity contribution in [1.82, 2.24) is 0 Å². The first-order chi connectivity index (χ1) is 12.0. The van der Waals surface area contributed by atoms with E-state index in [-0.39, 0.29) is 18.6 Å². The van der Waals surface area contributed by atoms with Crippen LogP contribution in [0.25, 0.3) is 0 Å². The molecule has 0 aromatic heterocycles. The van der Waals surface area contributed by atoms with Gasteiger partial charge in [-0.25, -0.2) is 0 Å². The van der Waals surface area contributed by atoms with Crippen molar-refractivity contribution in [3.63, 3.8) is 0 Å². The Labute approximate surface area is 156 Å². The van der Waals surface area contributed by atoms with E-state index in [4.69, 9.17) is 23.2 Å². The molecule has 0 heterocycles. The van der Waals surface area contributed by atoms with Crippen molar-refractivity contribution >= 4 is 29.0 Å². The van der Waals surface area contributed by atoms with Crippen molar-refractivity contribution in [2.75, 3.05) is 0 Å². The topological polar surface area (TPSA) is 64.7 Å². The van der Waals surface area contributed by atoms with E-state index in [9.17, 15) is 15.3 Å². The number of halogens is 2. The minimum absolute atomic E-state index is 0.0426. The van der Waals surface area contributed by atoms with E-state index in [0.29, 0.717) is 10.0 Å². The third-order valence-corrected chi connectivity index (χ3v) is 5.38. The van der Waals surface area contributed by atoms with Crippen LogP contribution in [-0.4, -0.2) is 5.78 Å². The van der Waals surface area contributed by atoms with Crippen LogP contribution in [0.3, 0.4) is 0 Å². The van der Waals surface area contributed by atoms with Gasteiger partial charge < -0.3 is 0 Å². The molecule has 1 fully saturated rings. The number of ketones is 1. The fraction of sp³-hybridized carbons (Fsp3) is 0.250. The molecule has 3 nitrogen and oxygen atoms in total. The third-order valence-electron chi connectivity index (χ3n) is 4.88. The van der Waals surface area contributed by atoms with Gasteiger partial charge in [0.1, 0.15) is 5.78 Å². The maximum absolute atomic E-state index is 12.4. The van der Waals surface area contributed by atoms with Gasteiger partial charge in [-0.1, -0.05) is 47.5 Å². The van der Waals surface area contributed by atoms with E-state index in [1.54, 1.807) is 48.5 Å². The lowest BCUT2D eigenvalue weighted by Gasteiger charge is -2.40. The Balaban J connectivity index is 2.13. The molecule has 3 rings (SSSR count). The number of nitriles is 2. The summed E-state index contributed by atoms with van der Waals surface area (Å²) in [6.07, 6.45) is 0.347. The molecule has 0 N–H and O–H groups in total. The van der Waals surface area contributed by atoms with Crippen molar-refractivity contribution in [1.29, 1.82) is 10.5 Å². The lowest BCUT2D eigenvalue weighted by atomic mass is 9.57. The lowest BCUT2D eigenvalue weighted by Crippen LogP contribution is -2.39. The zero-order valence-electron chi connectivity index (χ0n) is 13.2. The van der Waals surface area contributed by atoms with Crippen LogP contribution in [-0.2, 0) is 4.79 Å². The highest BCUT2D eigenvalue weighted by atomic mass is 35.5. The summed E-state index contributed by atoms with van der Waals surface area (Å²) in [7, 11) is 0. The molecular formula is C20H14Cl2N2O. The monoisotopic (exact) mass is 368 g/mol. The van der Waals surface area contributed by atoms with Crippen molar-refractivity contribution in [2.24, 2.45) is 5.41 Å². The predicted octanol–water partition coefficient (Wildman–Crippen LogP) is 5.26. The molecule has 0 unspecified atom stereocenters.